The van der Waals surface area contributed by atoms with E-state index >= 15 is 0 Å². The Morgan fingerprint density at radius 2 is 0.532 bits per heavy atom. The third kappa shape index (κ3) is 8.10. The number of rotatable bonds is 5. The van der Waals surface area contributed by atoms with Crippen molar-refractivity contribution >= 4 is 65.4 Å². The van der Waals surface area contributed by atoms with Gasteiger partial charge in [0.25, 0.3) is 0 Å². The molecule has 0 amide bonds. The first-order chi connectivity index (χ1) is 37.6. The second-order valence-corrected chi connectivity index (χ2v) is 25.6. The predicted octanol–water partition coefficient (Wildman–Crippen LogP) is 19.1. The summed E-state index contributed by atoms with van der Waals surface area (Å²) >= 11 is 0. The molecule has 6 heteroatoms. The molecule has 0 bridgehead atoms. The predicted molar refractivity (Wildman–Crippen MR) is 329 cm³/mol. The number of nitriles is 3. The topological polar surface area (TPSA) is 86.2 Å². The molecule has 12 rings (SSSR count). The number of nitrogens with zero attached hydrogens (tertiary/aromatic N) is 6. The highest BCUT2D eigenvalue weighted by Crippen LogP contribution is 2.48. The average Bonchev–Trinajstić information content (AvgIpc) is 4.25. The zero-order valence-electron chi connectivity index (χ0n) is 47.3. The van der Waals surface area contributed by atoms with Crippen molar-refractivity contribution < 1.29 is 0 Å². The van der Waals surface area contributed by atoms with Crippen molar-refractivity contribution in [2.24, 2.45) is 0 Å². The van der Waals surface area contributed by atoms with Gasteiger partial charge in [0.05, 0.1) is 50.2 Å². The lowest BCUT2D eigenvalue weighted by Crippen LogP contribution is -2.15. The molecule has 3 heterocycles. The smallest absolute Gasteiger partial charge is 0.104 e. The summed E-state index contributed by atoms with van der Waals surface area (Å²) in [4.78, 5) is 0. The van der Waals surface area contributed by atoms with Gasteiger partial charge in [-0.2, -0.15) is 15.8 Å². The van der Waals surface area contributed by atoms with Crippen LogP contribution in [-0.2, 0) is 21.7 Å². The molecule has 386 valence electrons. The molecule has 6 nitrogen and oxygen atoms in total. The Morgan fingerprint density at radius 1 is 0.266 bits per heavy atom. The molecular weight excluding hydrogens is 961 g/mol. The summed E-state index contributed by atoms with van der Waals surface area (Å²) < 4.78 is 6.45. The van der Waals surface area contributed by atoms with Crippen LogP contribution in [0, 0.1) is 34.0 Å². The Balaban J connectivity index is 1.35. The molecule has 0 N–H and O–H groups in total. The molecule has 0 saturated carbocycles. The Bertz CT molecular complexity index is 4210. The highest BCUT2D eigenvalue weighted by molar-refractivity contribution is 6.15. The molecular formula is C73H64N6. The van der Waals surface area contributed by atoms with Gasteiger partial charge >= 0.3 is 0 Å². The van der Waals surface area contributed by atoms with Crippen molar-refractivity contribution in [3.05, 3.63) is 209 Å². The van der Waals surface area contributed by atoms with E-state index in [1.165, 1.54) is 22.3 Å². The average molecular weight is 1030 g/mol. The fourth-order valence-electron chi connectivity index (χ4n) is 12.0. The summed E-state index contributed by atoms with van der Waals surface area (Å²) in [5, 5.41) is 43.1. The standard InChI is InChI=1S/C73H64N6/c1-70(2,3)48-25-31-61-54(37-48)55-38-49(71(4,5)6)26-32-62(55)77(61)67-58(41-74)68(78-63-33-27-50(72(7,8)9)39-56(63)57-40-51(73(10,11)12)28-34-64(57)78)60(43-76)69(59(67)42-75)79-65-35-46(44-19-15-13-16-20-44)23-29-52(65)53-30-24-47(36-66(53)79)45-21-17-14-18-22-45/h13-40H,1-12H3. The van der Waals surface area contributed by atoms with Gasteiger partial charge in [0.15, 0.2) is 0 Å². The zero-order valence-corrected chi connectivity index (χ0v) is 47.3. The number of hydrogen-bond acceptors (Lipinski definition) is 3. The summed E-state index contributed by atoms with van der Waals surface area (Å²) in [6.45, 7) is 26.8. The molecule has 0 aliphatic carbocycles. The molecule has 0 spiro atoms. The lowest BCUT2D eigenvalue weighted by molar-refractivity contribution is 0.590. The van der Waals surface area contributed by atoms with E-state index in [0.29, 0.717) is 17.1 Å². The number of hydrogen-bond donors (Lipinski definition) is 0. The molecule has 9 aromatic carbocycles. The van der Waals surface area contributed by atoms with Crippen molar-refractivity contribution in [2.75, 3.05) is 0 Å². The molecule has 3 aromatic heterocycles. The van der Waals surface area contributed by atoms with Crippen molar-refractivity contribution in [2.45, 2.75) is 105 Å². The van der Waals surface area contributed by atoms with Gasteiger partial charge in [0.1, 0.15) is 34.9 Å². The molecule has 12 aromatic rings. The minimum absolute atomic E-state index is 0.168. The second kappa shape index (κ2) is 18.0. The van der Waals surface area contributed by atoms with Crippen LogP contribution in [-0.4, -0.2) is 13.7 Å². The van der Waals surface area contributed by atoms with E-state index in [1.807, 2.05) is 36.4 Å². The molecule has 0 radical (unpaired) electrons. The van der Waals surface area contributed by atoms with Crippen LogP contribution in [0.2, 0.25) is 0 Å². The Labute approximate surface area is 463 Å². The molecule has 0 aliphatic rings. The number of fused-ring (bicyclic) bond motifs is 9. The third-order valence-corrected chi connectivity index (χ3v) is 16.4. The third-order valence-electron chi connectivity index (χ3n) is 16.4. The van der Waals surface area contributed by atoms with Crippen LogP contribution in [0.1, 0.15) is 122 Å². The minimum atomic E-state index is -0.168. The van der Waals surface area contributed by atoms with Gasteiger partial charge in [-0.15, -0.1) is 0 Å². The van der Waals surface area contributed by atoms with E-state index in [9.17, 15) is 15.8 Å². The number of benzene rings is 9. The van der Waals surface area contributed by atoms with Gasteiger partial charge in [-0.05, 0) is 127 Å². The largest absolute Gasteiger partial charge is 0.306 e. The van der Waals surface area contributed by atoms with Gasteiger partial charge < -0.3 is 13.7 Å². The number of aromatic nitrogens is 3. The van der Waals surface area contributed by atoms with Gasteiger partial charge in [-0.1, -0.05) is 192 Å². The Kier molecular flexibility index (Phi) is 11.5. The Hall–Kier alpha value is -9.15. The van der Waals surface area contributed by atoms with E-state index in [-0.39, 0.29) is 38.4 Å². The van der Waals surface area contributed by atoms with Crippen LogP contribution in [0.5, 0.6) is 0 Å². The monoisotopic (exact) mass is 1020 g/mol. The summed E-state index contributed by atoms with van der Waals surface area (Å²) in [5.74, 6) is 0. The first-order valence-corrected chi connectivity index (χ1v) is 27.4. The zero-order chi connectivity index (χ0) is 55.7. The summed E-state index contributed by atoms with van der Waals surface area (Å²) in [7, 11) is 0. The van der Waals surface area contributed by atoms with Crippen LogP contribution < -0.4 is 0 Å². The lowest BCUT2D eigenvalue weighted by Gasteiger charge is -2.24. The fraction of sp³-hybridized carbons (Fsp3) is 0.219. The molecule has 0 unspecified atom stereocenters. The lowest BCUT2D eigenvalue weighted by atomic mass is 9.85. The Morgan fingerprint density at radius 3 is 0.785 bits per heavy atom. The summed E-state index contributed by atoms with van der Waals surface area (Å²) in [5.41, 5.74) is 15.1. The van der Waals surface area contributed by atoms with E-state index in [4.69, 9.17) is 0 Å². The van der Waals surface area contributed by atoms with E-state index in [0.717, 1.165) is 87.7 Å². The van der Waals surface area contributed by atoms with Crippen LogP contribution in [0.25, 0.3) is 105 Å². The van der Waals surface area contributed by atoms with Crippen molar-refractivity contribution in [1.82, 2.24) is 13.7 Å². The maximum absolute atomic E-state index is 12.4. The molecule has 79 heavy (non-hydrogen) atoms. The maximum atomic E-state index is 12.4. The van der Waals surface area contributed by atoms with Crippen LogP contribution in [0.15, 0.2) is 170 Å². The minimum Gasteiger partial charge on any atom is -0.306 e. The summed E-state index contributed by atoms with van der Waals surface area (Å²) in [6, 6.07) is 68.5. The SMILES string of the molecule is CC(C)(C)c1ccc2c(c1)c1cc(C(C)(C)C)ccc1n2-c1c(C#N)c(-n2c3ccc(C(C)(C)C)cc3c3cc(C(C)(C)C)ccc32)c(C#N)c(-n2c3cc(-c4ccccc4)ccc3c3ccc(-c4ccccc4)cc32)c1C#N. The molecule has 0 fully saturated rings. The maximum Gasteiger partial charge on any atom is 0.104 e. The molecule has 0 atom stereocenters. The van der Waals surface area contributed by atoms with E-state index < -0.39 is 0 Å². The normalized spacial score (nSPS) is 12.5. The van der Waals surface area contributed by atoms with Crippen LogP contribution >= 0.6 is 0 Å². The second-order valence-electron chi connectivity index (χ2n) is 25.6. The molecule has 0 saturated heterocycles. The first-order valence-electron chi connectivity index (χ1n) is 27.4. The quantitative estimate of drug-likeness (QED) is 0.172. The highest BCUT2D eigenvalue weighted by Gasteiger charge is 2.34. The fourth-order valence-corrected chi connectivity index (χ4v) is 12.0. The van der Waals surface area contributed by atoms with Crippen LogP contribution in [0.3, 0.4) is 0 Å². The van der Waals surface area contributed by atoms with Gasteiger partial charge in [0, 0.05) is 32.3 Å². The van der Waals surface area contributed by atoms with Crippen molar-refractivity contribution in [3.63, 3.8) is 0 Å². The first kappa shape index (κ1) is 50.7. The van der Waals surface area contributed by atoms with Gasteiger partial charge in [-0.3, -0.25) is 0 Å². The van der Waals surface area contributed by atoms with Gasteiger partial charge in [0.2, 0.25) is 0 Å². The van der Waals surface area contributed by atoms with E-state index in [1.54, 1.807) is 0 Å². The van der Waals surface area contributed by atoms with Crippen molar-refractivity contribution in [1.29, 1.82) is 15.8 Å². The van der Waals surface area contributed by atoms with E-state index in [2.05, 4.69) is 248 Å². The van der Waals surface area contributed by atoms with Crippen molar-refractivity contribution in [3.8, 4) is 57.5 Å². The summed E-state index contributed by atoms with van der Waals surface area (Å²) in [6.07, 6.45) is 0. The van der Waals surface area contributed by atoms with Gasteiger partial charge in [-0.25, -0.2) is 0 Å². The highest BCUT2D eigenvalue weighted by atomic mass is 15.1. The molecule has 0 aliphatic heterocycles. The van der Waals surface area contributed by atoms with Crippen LogP contribution in [0.4, 0.5) is 0 Å².